The Kier molecular flexibility index (Phi) is 6.52. The molecule has 0 saturated heterocycles. The summed E-state index contributed by atoms with van der Waals surface area (Å²) in [7, 11) is 1.83. The van der Waals surface area contributed by atoms with Crippen LogP contribution in [0.5, 0.6) is 5.75 Å². The molecule has 0 saturated carbocycles. The lowest BCUT2D eigenvalue weighted by atomic mass is 10.0. The summed E-state index contributed by atoms with van der Waals surface area (Å²) in [5, 5.41) is 0. The lowest BCUT2D eigenvalue weighted by Crippen LogP contribution is -2.38. The molecule has 1 aromatic carbocycles. The fourth-order valence-electron chi connectivity index (χ4n) is 2.05. The quantitative estimate of drug-likeness (QED) is 0.833. The van der Waals surface area contributed by atoms with Gasteiger partial charge in [0.15, 0.2) is 6.61 Å². The molecule has 1 unspecified atom stereocenters. The molecular weight excluding hydrogens is 252 g/mol. The first-order chi connectivity index (χ1) is 9.43. The zero-order chi connectivity index (χ0) is 15.1. The van der Waals surface area contributed by atoms with Crippen LogP contribution in [0.1, 0.15) is 32.8 Å². The number of carbonyl (C=O) groups excluding carboxylic acids is 1. The highest BCUT2D eigenvalue weighted by Gasteiger charge is 2.17. The Bertz CT molecular complexity index is 415. The van der Waals surface area contributed by atoms with E-state index in [9.17, 15) is 4.79 Å². The summed E-state index contributed by atoms with van der Waals surface area (Å²) in [6, 6.07) is 7.72. The maximum atomic E-state index is 12.0. The topological polar surface area (TPSA) is 55.6 Å². The average molecular weight is 278 g/mol. The van der Waals surface area contributed by atoms with Crippen molar-refractivity contribution in [2.45, 2.75) is 39.8 Å². The third-order valence-corrected chi connectivity index (χ3v) is 3.39. The van der Waals surface area contributed by atoms with E-state index in [1.165, 1.54) is 0 Å². The normalized spacial score (nSPS) is 12.3. The van der Waals surface area contributed by atoms with Crippen molar-refractivity contribution in [1.82, 2.24) is 4.90 Å². The van der Waals surface area contributed by atoms with Crippen LogP contribution < -0.4 is 10.5 Å². The zero-order valence-electron chi connectivity index (χ0n) is 12.9. The number of carbonyl (C=O) groups is 1. The van der Waals surface area contributed by atoms with E-state index < -0.39 is 0 Å². The number of benzene rings is 1. The smallest absolute Gasteiger partial charge is 0.260 e. The summed E-state index contributed by atoms with van der Waals surface area (Å²) in [5.74, 6) is 1.27. The summed E-state index contributed by atoms with van der Waals surface area (Å²) >= 11 is 0. The number of rotatable bonds is 7. The third-order valence-electron chi connectivity index (χ3n) is 3.39. The van der Waals surface area contributed by atoms with Crippen molar-refractivity contribution in [3.8, 4) is 5.75 Å². The van der Waals surface area contributed by atoms with Gasteiger partial charge in [-0.1, -0.05) is 26.0 Å². The molecular formula is C16H26N2O2. The Morgan fingerprint density at radius 3 is 2.35 bits per heavy atom. The van der Waals surface area contributed by atoms with Crippen molar-refractivity contribution >= 4 is 5.91 Å². The Labute approximate surface area is 121 Å². The molecule has 1 rings (SSSR count). The van der Waals surface area contributed by atoms with E-state index in [1.807, 2.05) is 31.3 Å². The molecule has 0 aliphatic carbocycles. The van der Waals surface area contributed by atoms with E-state index in [1.54, 1.807) is 4.90 Å². The largest absolute Gasteiger partial charge is 0.484 e. The second-order valence-corrected chi connectivity index (χ2v) is 5.62. The van der Waals surface area contributed by atoms with Gasteiger partial charge in [0, 0.05) is 19.6 Å². The van der Waals surface area contributed by atoms with Gasteiger partial charge in [0.1, 0.15) is 5.75 Å². The third kappa shape index (κ3) is 5.21. The standard InChI is InChI=1S/C16H26N2O2/c1-12(2)9-13(3)18(4)16(19)11-20-15-7-5-14(10-17)6-8-15/h5-8,12-13H,9-11,17H2,1-4H3. The summed E-state index contributed by atoms with van der Waals surface area (Å²) in [6.07, 6.45) is 0.993. The van der Waals surface area contributed by atoms with Crippen LogP contribution in [0.25, 0.3) is 0 Å². The number of ether oxygens (including phenoxy) is 1. The number of nitrogens with two attached hydrogens (primary N) is 1. The van der Waals surface area contributed by atoms with Gasteiger partial charge in [0.2, 0.25) is 0 Å². The van der Waals surface area contributed by atoms with E-state index >= 15 is 0 Å². The lowest BCUT2D eigenvalue weighted by Gasteiger charge is -2.26. The zero-order valence-corrected chi connectivity index (χ0v) is 12.9. The lowest BCUT2D eigenvalue weighted by molar-refractivity contribution is -0.134. The van der Waals surface area contributed by atoms with Crippen LogP contribution in [0.4, 0.5) is 0 Å². The van der Waals surface area contributed by atoms with Gasteiger partial charge in [0.05, 0.1) is 0 Å². The van der Waals surface area contributed by atoms with Crippen LogP contribution in [0.2, 0.25) is 0 Å². The van der Waals surface area contributed by atoms with Gasteiger partial charge in [0.25, 0.3) is 5.91 Å². The molecule has 0 spiro atoms. The minimum Gasteiger partial charge on any atom is -0.484 e. The molecule has 0 aliphatic heterocycles. The average Bonchev–Trinajstić information content (AvgIpc) is 2.43. The van der Waals surface area contributed by atoms with Crippen molar-refractivity contribution in [2.75, 3.05) is 13.7 Å². The summed E-state index contributed by atoms with van der Waals surface area (Å²) in [4.78, 5) is 13.8. The van der Waals surface area contributed by atoms with Crippen LogP contribution in [-0.2, 0) is 11.3 Å². The highest BCUT2D eigenvalue weighted by Crippen LogP contribution is 2.13. The van der Waals surface area contributed by atoms with Gasteiger partial charge < -0.3 is 15.4 Å². The maximum Gasteiger partial charge on any atom is 0.260 e. The fraction of sp³-hybridized carbons (Fsp3) is 0.562. The molecule has 4 heteroatoms. The first kappa shape index (κ1) is 16.5. The van der Waals surface area contributed by atoms with E-state index in [-0.39, 0.29) is 18.6 Å². The van der Waals surface area contributed by atoms with Crippen molar-refractivity contribution in [3.63, 3.8) is 0 Å². The molecule has 0 bridgehead atoms. The molecule has 112 valence electrons. The number of hydrogen-bond donors (Lipinski definition) is 1. The molecule has 0 heterocycles. The summed E-state index contributed by atoms with van der Waals surface area (Å²) < 4.78 is 5.51. The Balaban J connectivity index is 2.45. The molecule has 0 aliphatic rings. The monoisotopic (exact) mass is 278 g/mol. The molecule has 20 heavy (non-hydrogen) atoms. The van der Waals surface area contributed by atoms with Crippen molar-refractivity contribution in [2.24, 2.45) is 11.7 Å². The predicted octanol–water partition coefficient (Wildman–Crippen LogP) is 2.42. The Morgan fingerprint density at radius 2 is 1.85 bits per heavy atom. The van der Waals surface area contributed by atoms with E-state index in [2.05, 4.69) is 20.8 Å². The predicted molar refractivity (Wildman–Crippen MR) is 81.5 cm³/mol. The highest BCUT2D eigenvalue weighted by molar-refractivity contribution is 5.77. The van der Waals surface area contributed by atoms with Crippen molar-refractivity contribution in [1.29, 1.82) is 0 Å². The number of hydrogen-bond acceptors (Lipinski definition) is 3. The van der Waals surface area contributed by atoms with Gasteiger partial charge in [-0.15, -0.1) is 0 Å². The fourth-order valence-corrected chi connectivity index (χ4v) is 2.05. The molecule has 0 radical (unpaired) electrons. The molecule has 2 N–H and O–H groups in total. The van der Waals surface area contributed by atoms with E-state index in [0.29, 0.717) is 18.2 Å². The van der Waals surface area contributed by atoms with Crippen LogP contribution in [0.3, 0.4) is 0 Å². The Hall–Kier alpha value is -1.55. The van der Waals surface area contributed by atoms with Gasteiger partial charge in [-0.05, 0) is 37.0 Å². The molecule has 0 fully saturated rings. The number of likely N-dealkylation sites (N-methyl/N-ethyl adjacent to an activating group) is 1. The molecule has 1 amide bonds. The van der Waals surface area contributed by atoms with E-state index in [4.69, 9.17) is 10.5 Å². The Morgan fingerprint density at radius 1 is 1.25 bits per heavy atom. The van der Waals surface area contributed by atoms with Gasteiger partial charge in [-0.2, -0.15) is 0 Å². The number of amides is 1. The van der Waals surface area contributed by atoms with Crippen LogP contribution in [-0.4, -0.2) is 30.5 Å². The summed E-state index contributed by atoms with van der Waals surface area (Å²) in [6.45, 7) is 6.96. The molecule has 1 atom stereocenters. The van der Waals surface area contributed by atoms with Crippen LogP contribution in [0.15, 0.2) is 24.3 Å². The maximum absolute atomic E-state index is 12.0. The minimum atomic E-state index is 0.000974. The second kappa shape index (κ2) is 7.90. The van der Waals surface area contributed by atoms with Crippen LogP contribution in [0, 0.1) is 5.92 Å². The molecule has 0 aromatic heterocycles. The van der Waals surface area contributed by atoms with Gasteiger partial charge >= 0.3 is 0 Å². The number of nitrogens with zero attached hydrogens (tertiary/aromatic N) is 1. The SMILES string of the molecule is CC(C)CC(C)N(C)C(=O)COc1ccc(CN)cc1. The molecule has 1 aromatic rings. The molecule has 4 nitrogen and oxygen atoms in total. The second-order valence-electron chi connectivity index (χ2n) is 5.62. The van der Waals surface area contributed by atoms with Crippen molar-refractivity contribution in [3.05, 3.63) is 29.8 Å². The summed E-state index contributed by atoms with van der Waals surface area (Å²) in [5.41, 5.74) is 6.58. The van der Waals surface area contributed by atoms with Gasteiger partial charge in [-0.3, -0.25) is 4.79 Å². The van der Waals surface area contributed by atoms with Gasteiger partial charge in [-0.25, -0.2) is 0 Å². The van der Waals surface area contributed by atoms with Crippen molar-refractivity contribution < 1.29 is 9.53 Å². The minimum absolute atomic E-state index is 0.000974. The first-order valence-corrected chi connectivity index (χ1v) is 7.11. The van der Waals surface area contributed by atoms with E-state index in [0.717, 1.165) is 12.0 Å². The van der Waals surface area contributed by atoms with Crippen LogP contribution >= 0.6 is 0 Å². The highest BCUT2D eigenvalue weighted by atomic mass is 16.5. The first-order valence-electron chi connectivity index (χ1n) is 7.11.